The second kappa shape index (κ2) is 7.66. The molecule has 1 aromatic carbocycles. The highest BCUT2D eigenvalue weighted by Crippen LogP contribution is 2.27. The first-order valence-electron chi connectivity index (χ1n) is 7.44. The summed E-state index contributed by atoms with van der Waals surface area (Å²) in [7, 11) is 1.58. The van der Waals surface area contributed by atoms with Gasteiger partial charge in [0.1, 0.15) is 5.75 Å². The van der Waals surface area contributed by atoms with E-state index in [2.05, 4.69) is 17.1 Å². The Morgan fingerprint density at radius 3 is 2.81 bits per heavy atom. The van der Waals surface area contributed by atoms with Crippen LogP contribution in [-0.4, -0.2) is 37.6 Å². The number of likely N-dealkylation sites (tertiary alicyclic amines) is 1. The maximum absolute atomic E-state index is 12.1. The number of piperidine rings is 1. The highest BCUT2D eigenvalue weighted by atomic mass is 35.5. The third-order valence-corrected chi connectivity index (χ3v) is 4.20. The lowest BCUT2D eigenvalue weighted by Gasteiger charge is -2.29. The molecule has 0 atom stereocenters. The standard InChI is InChI=1S/C16H23ClN2O2/c1-12-5-8-19(9-6-12)10-7-16(20)18-14-11-13(17)3-4-15(14)21-2/h3-4,11-12H,5-10H2,1-2H3,(H,18,20). The number of rotatable bonds is 5. The van der Waals surface area contributed by atoms with Crippen LogP contribution in [0.5, 0.6) is 5.75 Å². The number of hydrogen-bond donors (Lipinski definition) is 1. The normalized spacial score (nSPS) is 16.7. The van der Waals surface area contributed by atoms with Crippen LogP contribution < -0.4 is 10.1 Å². The summed E-state index contributed by atoms with van der Waals surface area (Å²) in [6, 6.07) is 5.20. The van der Waals surface area contributed by atoms with Crippen LogP contribution in [0.25, 0.3) is 0 Å². The summed E-state index contributed by atoms with van der Waals surface area (Å²) in [6.07, 6.45) is 2.94. The third kappa shape index (κ3) is 4.90. The van der Waals surface area contributed by atoms with Crippen molar-refractivity contribution in [3.63, 3.8) is 0 Å². The first kappa shape index (κ1) is 16.1. The summed E-state index contributed by atoms with van der Waals surface area (Å²) in [6.45, 7) is 5.28. The molecule has 1 aliphatic rings. The van der Waals surface area contributed by atoms with E-state index in [1.54, 1.807) is 25.3 Å². The number of methoxy groups -OCH3 is 1. The SMILES string of the molecule is COc1ccc(Cl)cc1NC(=O)CCN1CCC(C)CC1. The van der Waals surface area contributed by atoms with Crippen LogP contribution >= 0.6 is 11.6 Å². The van der Waals surface area contributed by atoms with E-state index in [4.69, 9.17) is 16.3 Å². The lowest BCUT2D eigenvalue weighted by Crippen LogP contribution is -2.35. The van der Waals surface area contributed by atoms with Crippen LogP contribution in [0.4, 0.5) is 5.69 Å². The van der Waals surface area contributed by atoms with E-state index < -0.39 is 0 Å². The number of nitrogens with zero attached hydrogens (tertiary/aromatic N) is 1. The van der Waals surface area contributed by atoms with E-state index in [-0.39, 0.29) is 5.91 Å². The molecule has 0 bridgehead atoms. The summed E-state index contributed by atoms with van der Waals surface area (Å²) >= 11 is 5.95. The molecule has 0 spiro atoms. The van der Waals surface area contributed by atoms with Gasteiger partial charge >= 0.3 is 0 Å². The number of hydrogen-bond acceptors (Lipinski definition) is 3. The molecule has 21 heavy (non-hydrogen) atoms. The molecule has 116 valence electrons. The first-order valence-corrected chi connectivity index (χ1v) is 7.82. The fourth-order valence-corrected chi connectivity index (χ4v) is 2.71. The van der Waals surface area contributed by atoms with Crippen molar-refractivity contribution < 1.29 is 9.53 Å². The van der Waals surface area contributed by atoms with Gasteiger partial charge in [0.2, 0.25) is 5.91 Å². The van der Waals surface area contributed by atoms with E-state index in [1.165, 1.54) is 12.8 Å². The second-order valence-corrected chi connectivity index (χ2v) is 6.10. The lowest BCUT2D eigenvalue weighted by molar-refractivity contribution is -0.116. The highest BCUT2D eigenvalue weighted by molar-refractivity contribution is 6.31. The second-order valence-electron chi connectivity index (χ2n) is 5.67. The monoisotopic (exact) mass is 310 g/mol. The van der Waals surface area contributed by atoms with Crippen LogP contribution in [0, 0.1) is 5.92 Å². The molecule has 2 rings (SSSR count). The van der Waals surface area contributed by atoms with Gasteiger partial charge in [0, 0.05) is 18.0 Å². The van der Waals surface area contributed by atoms with Crippen LogP contribution in [-0.2, 0) is 4.79 Å². The van der Waals surface area contributed by atoms with Gasteiger partial charge in [-0.15, -0.1) is 0 Å². The highest BCUT2D eigenvalue weighted by Gasteiger charge is 2.16. The number of halogens is 1. The quantitative estimate of drug-likeness (QED) is 0.906. The fourth-order valence-electron chi connectivity index (χ4n) is 2.54. The summed E-state index contributed by atoms with van der Waals surface area (Å²) in [5.74, 6) is 1.43. The largest absolute Gasteiger partial charge is 0.495 e. The van der Waals surface area contributed by atoms with Crippen molar-refractivity contribution in [3.8, 4) is 5.75 Å². The van der Waals surface area contributed by atoms with E-state index in [9.17, 15) is 4.79 Å². The Kier molecular flexibility index (Phi) is 5.88. The van der Waals surface area contributed by atoms with Gasteiger partial charge in [-0.1, -0.05) is 18.5 Å². The average Bonchev–Trinajstić information content (AvgIpc) is 2.47. The van der Waals surface area contributed by atoms with Gasteiger partial charge in [0.25, 0.3) is 0 Å². The summed E-state index contributed by atoms with van der Waals surface area (Å²) in [5.41, 5.74) is 0.627. The molecular formula is C16H23ClN2O2. The number of nitrogens with one attached hydrogen (secondary N) is 1. The van der Waals surface area contributed by atoms with Gasteiger partial charge in [-0.2, -0.15) is 0 Å². The minimum atomic E-state index is -0.00538. The fraction of sp³-hybridized carbons (Fsp3) is 0.562. The molecule has 1 saturated heterocycles. The third-order valence-electron chi connectivity index (χ3n) is 3.97. The molecule has 1 heterocycles. The molecule has 0 radical (unpaired) electrons. The zero-order valence-corrected chi connectivity index (χ0v) is 13.4. The van der Waals surface area contributed by atoms with Gasteiger partial charge in [-0.3, -0.25) is 4.79 Å². The topological polar surface area (TPSA) is 41.6 Å². The number of anilines is 1. The predicted molar refractivity (Wildman–Crippen MR) is 86.1 cm³/mol. The summed E-state index contributed by atoms with van der Waals surface area (Å²) in [4.78, 5) is 14.4. The molecule has 1 aromatic rings. The molecule has 0 aromatic heterocycles. The molecule has 0 saturated carbocycles. The zero-order valence-electron chi connectivity index (χ0n) is 12.7. The number of carbonyl (C=O) groups is 1. The molecule has 5 heteroatoms. The van der Waals surface area contributed by atoms with E-state index in [0.717, 1.165) is 25.6 Å². The molecule has 1 fully saturated rings. The Balaban J connectivity index is 1.83. The lowest BCUT2D eigenvalue weighted by atomic mass is 9.99. The molecule has 0 unspecified atom stereocenters. The van der Waals surface area contributed by atoms with Crippen molar-refractivity contribution in [3.05, 3.63) is 23.2 Å². The van der Waals surface area contributed by atoms with Gasteiger partial charge < -0.3 is 15.0 Å². The van der Waals surface area contributed by atoms with Crippen molar-refractivity contribution in [1.82, 2.24) is 4.90 Å². The van der Waals surface area contributed by atoms with Gasteiger partial charge in [0.15, 0.2) is 0 Å². The summed E-state index contributed by atoms with van der Waals surface area (Å²) < 4.78 is 5.22. The Bertz CT molecular complexity index is 485. The van der Waals surface area contributed by atoms with Crippen molar-refractivity contribution in [2.45, 2.75) is 26.2 Å². The number of carbonyl (C=O) groups excluding carboxylic acids is 1. The van der Waals surface area contributed by atoms with Crippen molar-refractivity contribution in [1.29, 1.82) is 0 Å². The maximum atomic E-state index is 12.1. The Hall–Kier alpha value is -1.26. The van der Waals surface area contributed by atoms with Gasteiger partial charge in [-0.05, 0) is 50.0 Å². The zero-order chi connectivity index (χ0) is 15.2. The van der Waals surface area contributed by atoms with Crippen LogP contribution in [0.3, 0.4) is 0 Å². The Morgan fingerprint density at radius 2 is 2.14 bits per heavy atom. The maximum Gasteiger partial charge on any atom is 0.225 e. The Labute approximate surface area is 131 Å². The first-order chi connectivity index (χ1) is 10.1. The molecular weight excluding hydrogens is 288 g/mol. The van der Waals surface area contributed by atoms with Crippen molar-refractivity contribution >= 4 is 23.2 Å². The van der Waals surface area contributed by atoms with Gasteiger partial charge in [-0.25, -0.2) is 0 Å². The molecule has 1 aliphatic heterocycles. The number of benzene rings is 1. The molecule has 0 aliphatic carbocycles. The van der Waals surface area contributed by atoms with Gasteiger partial charge in [0.05, 0.1) is 12.8 Å². The average molecular weight is 311 g/mol. The van der Waals surface area contributed by atoms with Crippen LogP contribution in [0.15, 0.2) is 18.2 Å². The Morgan fingerprint density at radius 1 is 1.43 bits per heavy atom. The van der Waals surface area contributed by atoms with E-state index >= 15 is 0 Å². The minimum absolute atomic E-state index is 0.00538. The van der Waals surface area contributed by atoms with E-state index in [0.29, 0.717) is 22.9 Å². The smallest absolute Gasteiger partial charge is 0.225 e. The van der Waals surface area contributed by atoms with E-state index in [1.807, 2.05) is 0 Å². The minimum Gasteiger partial charge on any atom is -0.495 e. The van der Waals surface area contributed by atoms with Crippen molar-refractivity contribution in [2.75, 3.05) is 32.1 Å². The molecule has 4 nitrogen and oxygen atoms in total. The van der Waals surface area contributed by atoms with Crippen LogP contribution in [0.1, 0.15) is 26.2 Å². The number of amides is 1. The number of ether oxygens (including phenoxy) is 1. The van der Waals surface area contributed by atoms with Crippen LogP contribution in [0.2, 0.25) is 5.02 Å². The summed E-state index contributed by atoms with van der Waals surface area (Å²) in [5, 5.41) is 3.46. The predicted octanol–water partition coefficient (Wildman–Crippen LogP) is 3.41. The molecule has 1 N–H and O–H groups in total. The van der Waals surface area contributed by atoms with Crippen molar-refractivity contribution in [2.24, 2.45) is 5.92 Å². The molecule has 1 amide bonds.